The highest BCUT2D eigenvalue weighted by Gasteiger charge is 2.16. The molecule has 5 heteroatoms. The van der Waals surface area contributed by atoms with Crippen LogP contribution in [0.1, 0.15) is 10.4 Å². The first-order valence-corrected chi connectivity index (χ1v) is 5.95. The number of benzene rings is 2. The van der Waals surface area contributed by atoms with E-state index in [1.165, 1.54) is 23.1 Å². The number of carbonyl (C=O) groups is 1. The molecule has 0 spiro atoms. The minimum absolute atomic E-state index is 0.272. The lowest BCUT2D eigenvalue weighted by atomic mass is 10.1. The van der Waals surface area contributed by atoms with Crippen molar-refractivity contribution in [2.24, 2.45) is 0 Å². The molecule has 0 saturated heterocycles. The zero-order valence-corrected chi connectivity index (χ0v) is 11.0. The van der Waals surface area contributed by atoms with Gasteiger partial charge in [-0.1, -0.05) is 17.7 Å². The molecule has 2 N–H and O–H groups in total. The van der Waals surface area contributed by atoms with Gasteiger partial charge in [-0.3, -0.25) is 4.79 Å². The molecule has 0 bridgehead atoms. The van der Waals surface area contributed by atoms with Gasteiger partial charge in [-0.25, -0.2) is 4.39 Å². The van der Waals surface area contributed by atoms with E-state index in [0.29, 0.717) is 16.9 Å². The maximum Gasteiger partial charge on any atom is 0.259 e. The predicted octanol–water partition coefficient (Wildman–Crippen LogP) is 3.34. The molecule has 1 amide bonds. The summed E-state index contributed by atoms with van der Waals surface area (Å²) >= 11 is 5.99. The second-order valence-electron chi connectivity index (χ2n) is 4.08. The summed E-state index contributed by atoms with van der Waals surface area (Å²) < 4.78 is 13.1. The van der Waals surface area contributed by atoms with Crippen molar-refractivity contribution in [3.8, 4) is 0 Å². The molecule has 2 aromatic carbocycles. The van der Waals surface area contributed by atoms with Crippen LogP contribution in [0, 0.1) is 5.82 Å². The standard InChI is InChI=1S/C14H12ClFN2O/c1-18(11-4-2-3-9(16)7-11)14(19)12-6-5-10(17)8-13(12)15/h2-8H,17H2,1H3. The number of rotatable bonds is 2. The van der Waals surface area contributed by atoms with Crippen LogP contribution in [-0.4, -0.2) is 13.0 Å². The zero-order chi connectivity index (χ0) is 14.0. The van der Waals surface area contributed by atoms with Gasteiger partial charge in [0.05, 0.1) is 10.6 Å². The average Bonchev–Trinajstić information content (AvgIpc) is 2.37. The van der Waals surface area contributed by atoms with E-state index in [4.69, 9.17) is 17.3 Å². The highest BCUT2D eigenvalue weighted by Crippen LogP contribution is 2.23. The molecule has 0 atom stereocenters. The highest BCUT2D eigenvalue weighted by atomic mass is 35.5. The van der Waals surface area contributed by atoms with Crippen molar-refractivity contribution in [3.63, 3.8) is 0 Å². The summed E-state index contributed by atoms with van der Waals surface area (Å²) in [5.74, 6) is -0.726. The number of hydrogen-bond acceptors (Lipinski definition) is 2. The molecule has 19 heavy (non-hydrogen) atoms. The molecule has 3 nitrogen and oxygen atoms in total. The Balaban J connectivity index is 2.33. The number of nitrogens with two attached hydrogens (primary N) is 1. The minimum atomic E-state index is -0.402. The van der Waals surface area contributed by atoms with Crippen molar-refractivity contribution in [1.82, 2.24) is 0 Å². The fourth-order valence-electron chi connectivity index (χ4n) is 1.69. The van der Waals surface area contributed by atoms with Crippen LogP contribution >= 0.6 is 11.6 Å². The molecular formula is C14H12ClFN2O. The number of nitrogen functional groups attached to an aromatic ring is 1. The summed E-state index contributed by atoms with van der Waals surface area (Å²) in [5, 5.41) is 0.272. The van der Waals surface area contributed by atoms with Crippen molar-refractivity contribution < 1.29 is 9.18 Å². The van der Waals surface area contributed by atoms with Gasteiger partial charge in [-0.05, 0) is 36.4 Å². The van der Waals surface area contributed by atoms with Crippen LogP contribution in [0.5, 0.6) is 0 Å². The Labute approximate surface area is 115 Å². The number of anilines is 2. The first-order valence-electron chi connectivity index (χ1n) is 5.57. The predicted molar refractivity (Wildman–Crippen MR) is 75.0 cm³/mol. The number of halogens is 2. The molecule has 2 rings (SSSR count). The molecule has 0 aliphatic heterocycles. The van der Waals surface area contributed by atoms with E-state index >= 15 is 0 Å². The summed E-state index contributed by atoms with van der Waals surface area (Å²) in [6.45, 7) is 0. The first-order chi connectivity index (χ1) is 8.99. The molecule has 0 aliphatic rings. The molecule has 2 aromatic rings. The third-order valence-corrected chi connectivity index (χ3v) is 3.04. The van der Waals surface area contributed by atoms with Crippen molar-refractivity contribution in [1.29, 1.82) is 0 Å². The van der Waals surface area contributed by atoms with Gasteiger partial charge in [0.1, 0.15) is 5.82 Å². The Hall–Kier alpha value is -2.07. The molecule has 0 unspecified atom stereocenters. The first kappa shape index (κ1) is 13.4. The van der Waals surface area contributed by atoms with Gasteiger partial charge in [0.2, 0.25) is 0 Å². The van der Waals surface area contributed by atoms with Crippen LogP contribution in [-0.2, 0) is 0 Å². The van der Waals surface area contributed by atoms with Crippen LogP contribution in [0.25, 0.3) is 0 Å². The Morgan fingerprint density at radius 2 is 2.00 bits per heavy atom. The summed E-state index contributed by atoms with van der Waals surface area (Å²) in [7, 11) is 1.56. The van der Waals surface area contributed by atoms with E-state index in [9.17, 15) is 9.18 Å². The maximum absolute atomic E-state index is 13.1. The smallest absolute Gasteiger partial charge is 0.259 e. The molecule has 0 fully saturated rings. The van der Waals surface area contributed by atoms with Crippen LogP contribution in [0.2, 0.25) is 5.02 Å². The molecular weight excluding hydrogens is 267 g/mol. The fraction of sp³-hybridized carbons (Fsp3) is 0.0714. The average molecular weight is 279 g/mol. The molecule has 98 valence electrons. The number of nitrogens with zero attached hydrogens (tertiary/aromatic N) is 1. The van der Waals surface area contributed by atoms with E-state index in [1.54, 1.807) is 31.3 Å². The van der Waals surface area contributed by atoms with Gasteiger partial charge >= 0.3 is 0 Å². The normalized spacial score (nSPS) is 10.3. The Morgan fingerprint density at radius 1 is 1.26 bits per heavy atom. The summed E-state index contributed by atoms with van der Waals surface area (Å²) in [4.78, 5) is 13.6. The summed E-state index contributed by atoms with van der Waals surface area (Å²) in [5.41, 5.74) is 6.84. The van der Waals surface area contributed by atoms with E-state index < -0.39 is 5.82 Å². The summed E-state index contributed by atoms with van der Waals surface area (Å²) in [6.07, 6.45) is 0. The molecule has 0 heterocycles. The third kappa shape index (κ3) is 2.85. The van der Waals surface area contributed by atoms with Gasteiger partial charge in [0.15, 0.2) is 0 Å². The van der Waals surface area contributed by atoms with E-state index in [2.05, 4.69) is 0 Å². The fourth-order valence-corrected chi connectivity index (χ4v) is 1.96. The Morgan fingerprint density at radius 3 is 2.63 bits per heavy atom. The maximum atomic E-state index is 13.1. The molecule has 0 saturated carbocycles. The second kappa shape index (κ2) is 5.28. The van der Waals surface area contributed by atoms with E-state index in [0.717, 1.165) is 0 Å². The minimum Gasteiger partial charge on any atom is -0.399 e. The quantitative estimate of drug-likeness (QED) is 0.857. The lowest BCUT2D eigenvalue weighted by Crippen LogP contribution is -2.26. The van der Waals surface area contributed by atoms with Crippen LogP contribution in [0.15, 0.2) is 42.5 Å². The lowest BCUT2D eigenvalue weighted by molar-refractivity contribution is 0.0993. The summed E-state index contributed by atoms with van der Waals surface area (Å²) in [6, 6.07) is 10.4. The number of carbonyl (C=O) groups excluding carboxylic acids is 1. The van der Waals surface area contributed by atoms with Gasteiger partial charge in [0.25, 0.3) is 5.91 Å². The van der Waals surface area contributed by atoms with Crippen molar-refractivity contribution in [3.05, 3.63) is 58.9 Å². The van der Waals surface area contributed by atoms with Crippen molar-refractivity contribution in [2.75, 3.05) is 17.7 Å². The van der Waals surface area contributed by atoms with Gasteiger partial charge in [-0.2, -0.15) is 0 Å². The monoisotopic (exact) mass is 278 g/mol. The van der Waals surface area contributed by atoms with Gasteiger partial charge < -0.3 is 10.6 Å². The number of amides is 1. The third-order valence-electron chi connectivity index (χ3n) is 2.72. The van der Waals surface area contributed by atoms with E-state index in [-0.39, 0.29) is 10.9 Å². The lowest BCUT2D eigenvalue weighted by Gasteiger charge is -2.18. The van der Waals surface area contributed by atoms with Crippen LogP contribution in [0.4, 0.5) is 15.8 Å². The van der Waals surface area contributed by atoms with Gasteiger partial charge in [-0.15, -0.1) is 0 Å². The van der Waals surface area contributed by atoms with Gasteiger partial charge in [0, 0.05) is 18.4 Å². The van der Waals surface area contributed by atoms with Crippen LogP contribution < -0.4 is 10.6 Å². The van der Waals surface area contributed by atoms with Crippen molar-refractivity contribution >= 4 is 28.9 Å². The Kier molecular flexibility index (Phi) is 3.71. The molecule has 0 radical (unpaired) electrons. The number of hydrogen-bond donors (Lipinski definition) is 1. The van der Waals surface area contributed by atoms with Crippen molar-refractivity contribution in [2.45, 2.75) is 0 Å². The zero-order valence-electron chi connectivity index (χ0n) is 10.2. The Bertz CT molecular complexity index is 631. The second-order valence-corrected chi connectivity index (χ2v) is 4.49. The topological polar surface area (TPSA) is 46.3 Å². The van der Waals surface area contributed by atoms with E-state index in [1.807, 2.05) is 0 Å². The van der Waals surface area contributed by atoms with Crippen LogP contribution in [0.3, 0.4) is 0 Å². The SMILES string of the molecule is CN(C(=O)c1ccc(N)cc1Cl)c1cccc(F)c1. The highest BCUT2D eigenvalue weighted by molar-refractivity contribution is 6.34. The largest absolute Gasteiger partial charge is 0.399 e. The molecule has 0 aliphatic carbocycles. The molecule has 0 aromatic heterocycles.